The maximum absolute atomic E-state index is 12.8. The normalized spacial score (nSPS) is 15.8. The number of carbonyl (C=O) groups excluding carboxylic acids is 1. The largest absolute Gasteiger partial charge is 0.493 e. The number of hydrogen-bond acceptors (Lipinski definition) is 5. The lowest BCUT2D eigenvalue weighted by Gasteiger charge is -2.28. The van der Waals surface area contributed by atoms with Crippen molar-refractivity contribution in [3.63, 3.8) is 0 Å². The van der Waals surface area contributed by atoms with Crippen molar-refractivity contribution in [1.29, 1.82) is 0 Å². The third-order valence-electron chi connectivity index (χ3n) is 5.55. The summed E-state index contributed by atoms with van der Waals surface area (Å²) in [4.78, 5) is 31.7. The summed E-state index contributed by atoms with van der Waals surface area (Å²) in [5, 5.41) is 3.79. The van der Waals surface area contributed by atoms with Crippen molar-refractivity contribution in [1.82, 2.24) is 14.9 Å². The van der Waals surface area contributed by atoms with Crippen LogP contribution >= 0.6 is 11.3 Å². The van der Waals surface area contributed by atoms with E-state index >= 15 is 0 Å². The molecular formula is C22H25N3O3S. The number of ether oxygens (including phenoxy) is 1. The molecule has 0 saturated heterocycles. The number of benzene rings is 1. The van der Waals surface area contributed by atoms with Crippen molar-refractivity contribution in [2.75, 3.05) is 6.61 Å². The molecular weight excluding hydrogens is 386 g/mol. The molecule has 1 unspecified atom stereocenters. The van der Waals surface area contributed by atoms with Gasteiger partial charge >= 0.3 is 0 Å². The van der Waals surface area contributed by atoms with Gasteiger partial charge in [0.1, 0.15) is 10.6 Å². The van der Waals surface area contributed by atoms with Crippen LogP contribution in [0, 0.1) is 27.7 Å². The quantitative estimate of drug-likeness (QED) is 0.710. The molecule has 1 atom stereocenters. The Morgan fingerprint density at radius 2 is 2.10 bits per heavy atom. The van der Waals surface area contributed by atoms with Crippen LogP contribution in [0.25, 0.3) is 10.2 Å². The van der Waals surface area contributed by atoms with E-state index in [2.05, 4.69) is 22.4 Å². The molecule has 2 aromatic heterocycles. The number of nitrogens with zero attached hydrogens (tertiary/aromatic N) is 2. The Balaban J connectivity index is 1.48. The van der Waals surface area contributed by atoms with Crippen LogP contribution in [0.2, 0.25) is 0 Å². The van der Waals surface area contributed by atoms with Gasteiger partial charge < -0.3 is 10.1 Å². The first-order valence-corrected chi connectivity index (χ1v) is 10.6. The summed E-state index contributed by atoms with van der Waals surface area (Å²) in [6, 6.07) is 4.10. The SMILES string of the molecule is Cc1cc(C)c2c(c1)C(NC(=O)CCn1cnc3sc(C)c(C)c3c1=O)CCO2. The number of rotatable bonds is 4. The number of nitrogens with one attached hydrogen (secondary N) is 1. The maximum atomic E-state index is 12.8. The average Bonchev–Trinajstić information content (AvgIpc) is 2.96. The minimum Gasteiger partial charge on any atom is -0.493 e. The summed E-state index contributed by atoms with van der Waals surface area (Å²) in [6.45, 7) is 8.91. The lowest BCUT2D eigenvalue weighted by atomic mass is 9.95. The number of carbonyl (C=O) groups is 1. The Morgan fingerprint density at radius 1 is 1.31 bits per heavy atom. The Bertz CT molecular complexity index is 1160. The summed E-state index contributed by atoms with van der Waals surface area (Å²) < 4.78 is 7.35. The number of amides is 1. The highest BCUT2D eigenvalue weighted by Gasteiger charge is 2.24. The van der Waals surface area contributed by atoms with Gasteiger partial charge in [-0.1, -0.05) is 17.7 Å². The topological polar surface area (TPSA) is 73.2 Å². The second kappa shape index (κ2) is 7.63. The van der Waals surface area contributed by atoms with Gasteiger partial charge in [-0.15, -0.1) is 11.3 Å². The molecule has 0 aliphatic carbocycles. The molecule has 1 N–H and O–H groups in total. The fourth-order valence-corrected chi connectivity index (χ4v) is 4.93. The summed E-state index contributed by atoms with van der Waals surface area (Å²) in [6.07, 6.45) is 2.51. The average molecular weight is 412 g/mol. The lowest BCUT2D eigenvalue weighted by Crippen LogP contribution is -2.33. The number of aromatic nitrogens is 2. The molecule has 0 radical (unpaired) electrons. The van der Waals surface area contributed by atoms with Crippen molar-refractivity contribution in [3.05, 3.63) is 55.9 Å². The van der Waals surface area contributed by atoms with E-state index < -0.39 is 0 Å². The van der Waals surface area contributed by atoms with Crippen LogP contribution in [-0.2, 0) is 11.3 Å². The minimum absolute atomic E-state index is 0.0658. The fourth-order valence-electron chi connectivity index (χ4n) is 3.95. The minimum atomic E-state index is -0.0766. The first kappa shape index (κ1) is 19.6. The third-order valence-corrected chi connectivity index (χ3v) is 6.66. The highest BCUT2D eigenvalue weighted by Crippen LogP contribution is 2.35. The third kappa shape index (κ3) is 3.67. The van der Waals surface area contributed by atoms with Crippen molar-refractivity contribution in [3.8, 4) is 5.75 Å². The molecule has 7 heteroatoms. The molecule has 0 saturated carbocycles. The molecule has 3 aromatic rings. The molecule has 0 bridgehead atoms. The van der Waals surface area contributed by atoms with Crippen LogP contribution in [0.1, 0.15) is 46.0 Å². The van der Waals surface area contributed by atoms with Crippen LogP contribution in [0.5, 0.6) is 5.75 Å². The molecule has 1 amide bonds. The van der Waals surface area contributed by atoms with Gasteiger partial charge in [0.05, 0.1) is 24.4 Å². The van der Waals surface area contributed by atoms with E-state index in [1.54, 1.807) is 6.33 Å². The van der Waals surface area contributed by atoms with Gasteiger partial charge in [-0.25, -0.2) is 4.98 Å². The Labute approximate surface area is 173 Å². The number of thiophene rings is 1. The summed E-state index contributed by atoms with van der Waals surface area (Å²) >= 11 is 1.53. The summed E-state index contributed by atoms with van der Waals surface area (Å²) in [5.74, 6) is 0.800. The molecule has 29 heavy (non-hydrogen) atoms. The predicted molar refractivity (Wildman–Crippen MR) is 115 cm³/mol. The van der Waals surface area contributed by atoms with Gasteiger partial charge in [0, 0.05) is 29.8 Å². The van der Waals surface area contributed by atoms with Gasteiger partial charge in [0.15, 0.2) is 0 Å². The fraction of sp³-hybridized carbons (Fsp3) is 0.409. The van der Waals surface area contributed by atoms with E-state index in [0.29, 0.717) is 18.5 Å². The Morgan fingerprint density at radius 3 is 2.90 bits per heavy atom. The van der Waals surface area contributed by atoms with Crippen molar-refractivity contribution < 1.29 is 9.53 Å². The van der Waals surface area contributed by atoms with Gasteiger partial charge in [-0.05, 0) is 38.8 Å². The highest BCUT2D eigenvalue weighted by molar-refractivity contribution is 7.18. The molecule has 4 rings (SSSR count). The van der Waals surface area contributed by atoms with Crippen LogP contribution in [0.15, 0.2) is 23.3 Å². The van der Waals surface area contributed by atoms with Crippen molar-refractivity contribution in [2.24, 2.45) is 0 Å². The maximum Gasteiger partial charge on any atom is 0.262 e. The van der Waals surface area contributed by atoms with Crippen LogP contribution < -0.4 is 15.6 Å². The molecule has 1 aliphatic heterocycles. The molecule has 152 valence electrons. The Kier molecular flexibility index (Phi) is 5.17. The van der Waals surface area contributed by atoms with E-state index in [1.807, 2.05) is 27.7 Å². The summed E-state index contributed by atoms with van der Waals surface area (Å²) in [7, 11) is 0. The lowest BCUT2D eigenvalue weighted by molar-refractivity contribution is -0.122. The van der Waals surface area contributed by atoms with E-state index in [0.717, 1.165) is 44.1 Å². The van der Waals surface area contributed by atoms with Gasteiger partial charge in [-0.2, -0.15) is 0 Å². The number of fused-ring (bicyclic) bond motifs is 2. The van der Waals surface area contributed by atoms with Crippen LogP contribution in [0.3, 0.4) is 0 Å². The Hall–Kier alpha value is -2.67. The molecule has 3 heterocycles. The van der Waals surface area contributed by atoms with Gasteiger partial charge in [0.2, 0.25) is 5.91 Å². The molecule has 6 nitrogen and oxygen atoms in total. The number of hydrogen-bond donors (Lipinski definition) is 1. The first-order valence-electron chi connectivity index (χ1n) is 9.83. The predicted octanol–water partition coefficient (Wildman–Crippen LogP) is 3.72. The van der Waals surface area contributed by atoms with E-state index in [1.165, 1.54) is 15.9 Å². The number of aryl methyl sites for hydroxylation is 5. The highest BCUT2D eigenvalue weighted by atomic mass is 32.1. The van der Waals surface area contributed by atoms with Crippen molar-refractivity contribution >= 4 is 27.5 Å². The second-order valence-corrected chi connectivity index (χ2v) is 8.92. The van der Waals surface area contributed by atoms with E-state index in [9.17, 15) is 9.59 Å². The van der Waals surface area contributed by atoms with Crippen molar-refractivity contribution in [2.45, 2.75) is 53.1 Å². The monoisotopic (exact) mass is 411 g/mol. The first-order chi connectivity index (χ1) is 13.8. The zero-order valence-corrected chi connectivity index (χ0v) is 18.0. The van der Waals surface area contributed by atoms with Crippen LogP contribution in [0.4, 0.5) is 0 Å². The zero-order valence-electron chi connectivity index (χ0n) is 17.2. The smallest absolute Gasteiger partial charge is 0.262 e. The molecule has 1 aromatic carbocycles. The van der Waals surface area contributed by atoms with E-state index in [4.69, 9.17) is 4.74 Å². The van der Waals surface area contributed by atoms with Crippen LogP contribution in [-0.4, -0.2) is 22.1 Å². The van der Waals surface area contributed by atoms with Gasteiger partial charge in [-0.3, -0.25) is 14.2 Å². The second-order valence-electron chi connectivity index (χ2n) is 7.71. The molecule has 0 spiro atoms. The van der Waals surface area contributed by atoms with Gasteiger partial charge in [0.25, 0.3) is 5.56 Å². The van der Waals surface area contributed by atoms with E-state index in [-0.39, 0.29) is 23.9 Å². The zero-order chi connectivity index (χ0) is 20.7. The molecule has 0 fully saturated rings. The summed E-state index contributed by atoms with van der Waals surface area (Å²) in [5.41, 5.74) is 4.18. The molecule has 1 aliphatic rings. The standard InChI is InChI=1S/C22H25N3O3S/c1-12-9-13(2)20-16(10-12)17(6-8-28-20)24-18(26)5-7-25-11-23-21-19(22(25)27)14(3)15(4)29-21/h9-11,17H,5-8H2,1-4H3,(H,24,26).